The van der Waals surface area contributed by atoms with Gasteiger partial charge in [-0.2, -0.15) is 4.31 Å². The summed E-state index contributed by atoms with van der Waals surface area (Å²) in [5, 5.41) is 0. The Morgan fingerprint density at radius 2 is 1.87 bits per heavy atom. The third-order valence-corrected chi connectivity index (χ3v) is 6.81. The van der Waals surface area contributed by atoms with Crippen LogP contribution in [0.3, 0.4) is 0 Å². The molecule has 132 valence electrons. The summed E-state index contributed by atoms with van der Waals surface area (Å²) in [5.74, 6) is -0.376. The van der Waals surface area contributed by atoms with Crippen molar-refractivity contribution in [2.75, 3.05) is 39.6 Å². The molecule has 1 spiro atoms. The molecule has 8 heteroatoms. The molecule has 2 aliphatic heterocycles. The van der Waals surface area contributed by atoms with Crippen LogP contribution in [0.5, 0.6) is 0 Å². The second kappa shape index (κ2) is 5.67. The fourth-order valence-corrected chi connectivity index (χ4v) is 5.19. The van der Waals surface area contributed by atoms with Gasteiger partial charge in [0.05, 0.1) is 12.9 Å². The number of sulfonamides is 1. The van der Waals surface area contributed by atoms with E-state index in [1.165, 1.54) is 10.6 Å². The predicted molar refractivity (Wildman–Crippen MR) is 83.2 cm³/mol. The average molecular weight is 348 g/mol. The molecule has 0 aromatic rings. The van der Waals surface area contributed by atoms with E-state index in [2.05, 4.69) is 0 Å². The molecule has 6 nitrogen and oxygen atoms in total. The van der Waals surface area contributed by atoms with Crippen LogP contribution in [0, 0.1) is 5.41 Å². The largest absolute Gasteiger partial charge is 0.383 e. The van der Waals surface area contributed by atoms with E-state index in [-0.39, 0.29) is 17.4 Å². The summed E-state index contributed by atoms with van der Waals surface area (Å²) in [6, 6.07) is -0.145. The minimum Gasteiger partial charge on any atom is -0.383 e. The maximum absolute atomic E-state index is 13.9. The SMILES string of the molecule is COCC1CC2(CCN(C(=O)C3(F)CC3)CC2)CN1S(C)(=O)=O. The highest BCUT2D eigenvalue weighted by molar-refractivity contribution is 7.88. The van der Waals surface area contributed by atoms with Gasteiger partial charge in [-0.1, -0.05) is 0 Å². The second-order valence-electron chi connectivity index (χ2n) is 7.38. The number of amides is 1. The van der Waals surface area contributed by atoms with Crippen molar-refractivity contribution in [3.63, 3.8) is 0 Å². The number of rotatable bonds is 4. The van der Waals surface area contributed by atoms with Crippen molar-refractivity contribution >= 4 is 15.9 Å². The van der Waals surface area contributed by atoms with Gasteiger partial charge in [0.25, 0.3) is 5.91 Å². The summed E-state index contributed by atoms with van der Waals surface area (Å²) in [6.45, 7) is 1.89. The van der Waals surface area contributed by atoms with Gasteiger partial charge >= 0.3 is 0 Å². The van der Waals surface area contributed by atoms with Crippen molar-refractivity contribution in [3.8, 4) is 0 Å². The molecule has 3 rings (SSSR count). The number of likely N-dealkylation sites (tertiary alicyclic amines) is 1. The first-order valence-corrected chi connectivity index (χ1v) is 9.98. The van der Waals surface area contributed by atoms with Gasteiger partial charge in [0.15, 0.2) is 5.67 Å². The summed E-state index contributed by atoms with van der Waals surface area (Å²) >= 11 is 0. The molecular formula is C15H25FN2O4S. The van der Waals surface area contributed by atoms with Gasteiger partial charge in [-0.3, -0.25) is 4.79 Å². The average Bonchev–Trinajstić information content (AvgIpc) is 3.13. The van der Waals surface area contributed by atoms with Crippen LogP contribution in [0.2, 0.25) is 0 Å². The van der Waals surface area contributed by atoms with Gasteiger partial charge in [-0.05, 0) is 37.5 Å². The Balaban J connectivity index is 1.67. The van der Waals surface area contributed by atoms with Crippen LogP contribution in [-0.4, -0.2) is 74.8 Å². The van der Waals surface area contributed by atoms with E-state index in [0.717, 1.165) is 19.3 Å². The Labute approximate surface area is 137 Å². The molecule has 1 saturated carbocycles. The first kappa shape index (κ1) is 17.1. The van der Waals surface area contributed by atoms with Crippen LogP contribution in [-0.2, 0) is 19.6 Å². The van der Waals surface area contributed by atoms with Gasteiger partial charge in [-0.25, -0.2) is 12.8 Å². The van der Waals surface area contributed by atoms with E-state index >= 15 is 0 Å². The Morgan fingerprint density at radius 3 is 2.35 bits per heavy atom. The molecule has 0 radical (unpaired) electrons. The molecule has 1 aliphatic carbocycles. The smallest absolute Gasteiger partial charge is 0.260 e. The van der Waals surface area contributed by atoms with E-state index in [0.29, 0.717) is 39.1 Å². The maximum Gasteiger partial charge on any atom is 0.260 e. The summed E-state index contributed by atoms with van der Waals surface area (Å²) in [5.41, 5.74) is -1.73. The number of halogens is 1. The lowest BCUT2D eigenvalue weighted by atomic mass is 9.76. The summed E-state index contributed by atoms with van der Waals surface area (Å²) in [7, 11) is -1.71. The third kappa shape index (κ3) is 3.25. The van der Waals surface area contributed by atoms with E-state index in [9.17, 15) is 17.6 Å². The van der Waals surface area contributed by atoms with Crippen molar-refractivity contribution in [2.24, 2.45) is 5.41 Å². The van der Waals surface area contributed by atoms with Crippen LogP contribution in [0.25, 0.3) is 0 Å². The van der Waals surface area contributed by atoms with Crippen molar-refractivity contribution in [2.45, 2.75) is 43.8 Å². The molecule has 0 aromatic heterocycles. The lowest BCUT2D eigenvalue weighted by Gasteiger charge is -2.39. The van der Waals surface area contributed by atoms with Crippen LogP contribution >= 0.6 is 0 Å². The molecule has 1 unspecified atom stereocenters. The van der Waals surface area contributed by atoms with Crippen molar-refractivity contribution in [1.82, 2.24) is 9.21 Å². The fourth-order valence-electron chi connectivity index (χ4n) is 4.00. The molecule has 1 amide bonds. The molecule has 3 aliphatic rings. The van der Waals surface area contributed by atoms with Crippen molar-refractivity contribution < 1.29 is 22.3 Å². The highest BCUT2D eigenvalue weighted by Crippen LogP contribution is 2.46. The van der Waals surface area contributed by atoms with Gasteiger partial charge < -0.3 is 9.64 Å². The van der Waals surface area contributed by atoms with E-state index < -0.39 is 15.7 Å². The molecule has 0 N–H and O–H groups in total. The fraction of sp³-hybridized carbons (Fsp3) is 0.933. The van der Waals surface area contributed by atoms with Crippen LogP contribution in [0.1, 0.15) is 32.1 Å². The highest BCUT2D eigenvalue weighted by Gasteiger charge is 2.55. The van der Waals surface area contributed by atoms with Gasteiger partial charge in [0, 0.05) is 32.8 Å². The number of carbonyl (C=O) groups is 1. The first-order valence-electron chi connectivity index (χ1n) is 8.13. The quantitative estimate of drug-likeness (QED) is 0.753. The highest BCUT2D eigenvalue weighted by atomic mass is 32.2. The zero-order valence-electron chi connectivity index (χ0n) is 13.8. The topological polar surface area (TPSA) is 66.9 Å². The molecular weight excluding hydrogens is 323 g/mol. The van der Waals surface area contributed by atoms with Crippen molar-refractivity contribution in [1.29, 1.82) is 0 Å². The maximum atomic E-state index is 13.9. The number of alkyl halides is 1. The number of ether oxygens (including phenoxy) is 1. The number of hydrogen-bond acceptors (Lipinski definition) is 4. The molecule has 2 saturated heterocycles. The standard InChI is InChI=1S/C15H25FN2O4S/c1-22-10-12-9-14(11-18(12)23(2,20)21)5-7-17(8-6-14)13(19)15(16)3-4-15/h12H,3-11H2,1-2H3. The van der Waals surface area contributed by atoms with Gasteiger partial charge in [0.2, 0.25) is 10.0 Å². The monoisotopic (exact) mass is 348 g/mol. The summed E-state index contributed by atoms with van der Waals surface area (Å²) < 4.78 is 44.7. The number of methoxy groups -OCH3 is 1. The lowest BCUT2D eigenvalue weighted by Crippen LogP contribution is -2.47. The van der Waals surface area contributed by atoms with Gasteiger partial charge in [-0.15, -0.1) is 0 Å². The predicted octanol–water partition coefficient (Wildman–Crippen LogP) is 0.778. The third-order valence-electron chi connectivity index (χ3n) is 5.54. The first-order chi connectivity index (χ1) is 10.7. The number of hydrogen-bond donors (Lipinski definition) is 0. The Morgan fingerprint density at radius 1 is 1.26 bits per heavy atom. The molecule has 1 atom stereocenters. The van der Waals surface area contributed by atoms with Crippen LogP contribution < -0.4 is 0 Å². The van der Waals surface area contributed by atoms with Crippen LogP contribution in [0.4, 0.5) is 4.39 Å². The Kier molecular flexibility index (Phi) is 4.21. The molecule has 3 fully saturated rings. The number of nitrogens with zero attached hydrogens (tertiary/aromatic N) is 2. The molecule has 0 aromatic carbocycles. The summed E-state index contributed by atoms with van der Waals surface area (Å²) in [4.78, 5) is 13.7. The van der Waals surface area contributed by atoms with Crippen molar-refractivity contribution in [3.05, 3.63) is 0 Å². The van der Waals surface area contributed by atoms with Crippen LogP contribution in [0.15, 0.2) is 0 Å². The zero-order chi connectivity index (χ0) is 16.9. The zero-order valence-corrected chi connectivity index (χ0v) is 14.6. The summed E-state index contributed by atoms with van der Waals surface area (Å²) in [6.07, 6.45) is 4.10. The number of piperidine rings is 1. The molecule has 0 bridgehead atoms. The number of carbonyl (C=O) groups excluding carboxylic acids is 1. The minimum absolute atomic E-state index is 0.115. The van der Waals surface area contributed by atoms with Gasteiger partial charge in [0.1, 0.15) is 0 Å². The minimum atomic E-state index is -3.28. The van der Waals surface area contributed by atoms with E-state index in [4.69, 9.17) is 4.74 Å². The Hall–Kier alpha value is -0.730. The normalized spacial score (nSPS) is 29.9. The molecule has 23 heavy (non-hydrogen) atoms. The van der Waals surface area contributed by atoms with E-state index in [1.54, 1.807) is 12.0 Å². The molecule has 2 heterocycles. The second-order valence-corrected chi connectivity index (χ2v) is 9.31. The van der Waals surface area contributed by atoms with E-state index in [1.807, 2.05) is 0 Å². The Bertz CT molecular complexity index is 582. The lowest BCUT2D eigenvalue weighted by molar-refractivity contribution is -0.140.